The normalized spacial score (nSPS) is 16.0. The number of carbonyl (C=O) groups excluding carboxylic acids is 1. The van der Waals surface area contributed by atoms with Crippen LogP contribution in [0.1, 0.15) is 13.3 Å². The summed E-state index contributed by atoms with van der Waals surface area (Å²) in [5, 5.41) is 3.36. The molecule has 0 saturated heterocycles. The van der Waals surface area contributed by atoms with Crippen molar-refractivity contribution < 1.29 is 14.3 Å². The van der Waals surface area contributed by atoms with Gasteiger partial charge >= 0.3 is 0 Å². The lowest BCUT2D eigenvalue weighted by Crippen LogP contribution is -2.36. The molecule has 1 aliphatic rings. The second-order valence-corrected chi connectivity index (χ2v) is 6.47. The zero-order chi connectivity index (χ0) is 17.1. The Kier molecular flexibility index (Phi) is 5.06. The number of carbonyl (C=O) groups is 1. The third kappa shape index (κ3) is 3.55. The number of benzene rings is 2. The first-order chi connectivity index (χ1) is 11.6. The average molecular weight is 365 g/mol. The molecule has 1 unspecified atom stereocenters. The van der Waals surface area contributed by atoms with Crippen LogP contribution in [0, 0.1) is 0 Å². The number of methoxy groups -OCH3 is 1. The highest BCUT2D eigenvalue weighted by Gasteiger charge is 2.27. The fourth-order valence-electron chi connectivity index (χ4n) is 2.27. The Bertz CT molecular complexity index is 752. The van der Waals surface area contributed by atoms with Crippen LogP contribution in [0.2, 0.25) is 5.02 Å². The standard InChI is InChI=1S/C17H17ClN2O3S/c1-3-14-17(21)19-13-8-12(18)16(9-15(13)23-14)24-20-10-4-6-11(22-2)7-5-10/h4-9,14,20H,3H2,1-2H3,(H,19,21). The first-order valence-electron chi connectivity index (χ1n) is 7.48. The van der Waals surface area contributed by atoms with E-state index in [-0.39, 0.29) is 5.91 Å². The van der Waals surface area contributed by atoms with Gasteiger partial charge in [0.2, 0.25) is 0 Å². The molecule has 1 aliphatic heterocycles. The van der Waals surface area contributed by atoms with Gasteiger partial charge < -0.3 is 19.5 Å². The molecule has 1 amide bonds. The average Bonchev–Trinajstić information content (AvgIpc) is 2.60. The summed E-state index contributed by atoms with van der Waals surface area (Å²) in [4.78, 5) is 12.7. The van der Waals surface area contributed by atoms with E-state index in [0.29, 0.717) is 22.9 Å². The molecule has 2 aromatic rings. The smallest absolute Gasteiger partial charge is 0.265 e. The van der Waals surface area contributed by atoms with Gasteiger partial charge in [0, 0.05) is 5.69 Å². The van der Waals surface area contributed by atoms with Gasteiger partial charge in [-0.1, -0.05) is 18.5 Å². The molecule has 2 N–H and O–H groups in total. The second-order valence-electron chi connectivity index (χ2n) is 5.22. The van der Waals surface area contributed by atoms with Crippen molar-refractivity contribution in [2.75, 3.05) is 17.1 Å². The Labute approximate surface area is 149 Å². The number of anilines is 2. The highest BCUT2D eigenvalue weighted by atomic mass is 35.5. The maximum atomic E-state index is 11.8. The SMILES string of the molecule is CCC1Oc2cc(SNc3ccc(OC)cc3)c(Cl)cc2NC1=O. The van der Waals surface area contributed by atoms with E-state index in [2.05, 4.69) is 10.0 Å². The van der Waals surface area contributed by atoms with E-state index in [0.717, 1.165) is 16.3 Å². The summed E-state index contributed by atoms with van der Waals surface area (Å²) in [5.41, 5.74) is 1.53. The highest BCUT2D eigenvalue weighted by Crippen LogP contribution is 2.39. The minimum absolute atomic E-state index is 0.141. The van der Waals surface area contributed by atoms with Gasteiger partial charge in [0.15, 0.2) is 6.10 Å². The van der Waals surface area contributed by atoms with Crippen molar-refractivity contribution in [2.24, 2.45) is 0 Å². The van der Waals surface area contributed by atoms with E-state index >= 15 is 0 Å². The minimum Gasteiger partial charge on any atom is -0.497 e. The van der Waals surface area contributed by atoms with Gasteiger partial charge in [-0.3, -0.25) is 4.79 Å². The summed E-state index contributed by atoms with van der Waals surface area (Å²) < 4.78 is 14.1. The Morgan fingerprint density at radius 2 is 2.08 bits per heavy atom. The molecule has 126 valence electrons. The molecule has 0 spiro atoms. The lowest BCUT2D eigenvalue weighted by molar-refractivity contribution is -0.123. The summed E-state index contributed by atoms with van der Waals surface area (Å²) >= 11 is 7.69. The molecule has 7 heteroatoms. The van der Waals surface area contributed by atoms with E-state index in [1.54, 1.807) is 13.2 Å². The maximum absolute atomic E-state index is 11.8. The molecule has 3 rings (SSSR count). The molecule has 1 atom stereocenters. The summed E-state index contributed by atoms with van der Waals surface area (Å²) in [6.45, 7) is 1.91. The number of rotatable bonds is 5. The van der Waals surface area contributed by atoms with Crippen molar-refractivity contribution in [1.82, 2.24) is 0 Å². The van der Waals surface area contributed by atoms with E-state index in [9.17, 15) is 4.79 Å². The van der Waals surface area contributed by atoms with Gasteiger partial charge in [-0.25, -0.2) is 0 Å². The van der Waals surface area contributed by atoms with Crippen molar-refractivity contribution in [3.63, 3.8) is 0 Å². The number of nitrogens with one attached hydrogen (secondary N) is 2. The molecule has 5 nitrogen and oxygen atoms in total. The van der Waals surface area contributed by atoms with Gasteiger partial charge in [-0.15, -0.1) is 0 Å². The van der Waals surface area contributed by atoms with E-state index in [1.807, 2.05) is 37.3 Å². The summed E-state index contributed by atoms with van der Waals surface area (Å²) in [6.07, 6.45) is 0.145. The van der Waals surface area contributed by atoms with E-state index < -0.39 is 6.10 Å². The molecule has 0 saturated carbocycles. The first-order valence-corrected chi connectivity index (χ1v) is 8.68. The van der Waals surface area contributed by atoms with Crippen LogP contribution in [0.3, 0.4) is 0 Å². The number of ether oxygens (including phenoxy) is 2. The molecule has 2 aromatic carbocycles. The third-order valence-corrected chi connectivity index (χ3v) is 4.91. The second kappa shape index (κ2) is 7.23. The summed E-state index contributed by atoms with van der Waals surface area (Å²) in [7, 11) is 1.63. The third-order valence-electron chi connectivity index (χ3n) is 3.59. The molecule has 0 aromatic heterocycles. The van der Waals surface area contributed by atoms with Crippen molar-refractivity contribution in [2.45, 2.75) is 24.3 Å². The van der Waals surface area contributed by atoms with Crippen LogP contribution in [0.5, 0.6) is 11.5 Å². The number of amides is 1. The van der Waals surface area contributed by atoms with Gasteiger partial charge in [0.05, 0.1) is 22.7 Å². The van der Waals surface area contributed by atoms with Crippen LogP contribution in [-0.4, -0.2) is 19.1 Å². The largest absolute Gasteiger partial charge is 0.497 e. The molecule has 24 heavy (non-hydrogen) atoms. The fourth-order valence-corrected chi connectivity index (χ4v) is 3.24. The predicted octanol–water partition coefficient (Wildman–Crippen LogP) is 4.58. The maximum Gasteiger partial charge on any atom is 0.265 e. The van der Waals surface area contributed by atoms with Crippen LogP contribution in [0.25, 0.3) is 0 Å². The van der Waals surface area contributed by atoms with Gasteiger partial charge in [-0.05, 0) is 54.8 Å². The van der Waals surface area contributed by atoms with Crippen molar-refractivity contribution >= 4 is 40.8 Å². The number of hydrogen-bond donors (Lipinski definition) is 2. The summed E-state index contributed by atoms with van der Waals surface area (Å²) in [5.74, 6) is 1.29. The van der Waals surface area contributed by atoms with Gasteiger partial charge in [0.25, 0.3) is 5.91 Å². The quantitative estimate of drug-likeness (QED) is 0.760. The molecule has 0 bridgehead atoms. The van der Waals surface area contributed by atoms with E-state index in [4.69, 9.17) is 21.1 Å². The topological polar surface area (TPSA) is 59.6 Å². The fraction of sp³-hybridized carbons (Fsp3) is 0.235. The predicted molar refractivity (Wildman–Crippen MR) is 97.3 cm³/mol. The zero-order valence-electron chi connectivity index (χ0n) is 13.3. The lowest BCUT2D eigenvalue weighted by atomic mass is 10.2. The Balaban J connectivity index is 1.75. The number of fused-ring (bicyclic) bond motifs is 1. The lowest BCUT2D eigenvalue weighted by Gasteiger charge is -2.25. The van der Waals surface area contributed by atoms with Gasteiger partial charge in [-0.2, -0.15) is 0 Å². The number of hydrogen-bond acceptors (Lipinski definition) is 5. The van der Waals surface area contributed by atoms with Crippen molar-refractivity contribution in [3.05, 3.63) is 41.4 Å². The first kappa shape index (κ1) is 16.8. The zero-order valence-corrected chi connectivity index (χ0v) is 14.8. The molecular formula is C17H17ClN2O3S. The number of halogens is 1. The molecule has 0 aliphatic carbocycles. The Hall–Kier alpha value is -2.05. The van der Waals surface area contributed by atoms with Crippen molar-refractivity contribution in [1.29, 1.82) is 0 Å². The Morgan fingerprint density at radius 1 is 1.33 bits per heavy atom. The van der Waals surface area contributed by atoms with Crippen LogP contribution >= 0.6 is 23.5 Å². The van der Waals surface area contributed by atoms with Crippen LogP contribution in [0.15, 0.2) is 41.3 Å². The minimum atomic E-state index is -0.467. The molecule has 0 fully saturated rings. The van der Waals surface area contributed by atoms with Crippen LogP contribution < -0.4 is 19.5 Å². The molecule has 1 heterocycles. The molecule has 0 radical (unpaired) electrons. The van der Waals surface area contributed by atoms with Crippen LogP contribution in [0.4, 0.5) is 11.4 Å². The van der Waals surface area contributed by atoms with Crippen molar-refractivity contribution in [3.8, 4) is 11.5 Å². The molecular weight excluding hydrogens is 348 g/mol. The van der Waals surface area contributed by atoms with E-state index in [1.165, 1.54) is 11.9 Å². The van der Waals surface area contributed by atoms with Crippen LogP contribution in [-0.2, 0) is 4.79 Å². The monoisotopic (exact) mass is 364 g/mol. The highest BCUT2D eigenvalue weighted by molar-refractivity contribution is 8.00. The Morgan fingerprint density at radius 3 is 2.75 bits per heavy atom. The summed E-state index contributed by atoms with van der Waals surface area (Å²) in [6, 6.07) is 11.1. The van der Waals surface area contributed by atoms with Gasteiger partial charge in [0.1, 0.15) is 11.5 Å².